The van der Waals surface area contributed by atoms with E-state index in [4.69, 9.17) is 0 Å². The van der Waals surface area contributed by atoms with E-state index in [0.29, 0.717) is 24.3 Å². The number of carbonyl (C=O) groups is 3. The molecule has 2 aromatic carbocycles. The van der Waals surface area contributed by atoms with Crippen molar-refractivity contribution in [3.8, 4) is 6.07 Å². The van der Waals surface area contributed by atoms with E-state index in [0.717, 1.165) is 11.3 Å². The number of aromatic nitrogens is 1. The van der Waals surface area contributed by atoms with Gasteiger partial charge in [-0.05, 0) is 49.2 Å². The molecule has 0 aliphatic carbocycles. The highest BCUT2D eigenvalue weighted by Crippen LogP contribution is 2.39. The molecule has 2 aliphatic heterocycles. The average molecular weight is 414 g/mol. The van der Waals surface area contributed by atoms with Crippen LogP contribution >= 0.6 is 0 Å². The van der Waals surface area contributed by atoms with Crippen LogP contribution in [0, 0.1) is 17.1 Å². The number of benzene rings is 2. The van der Waals surface area contributed by atoms with Crippen LogP contribution < -0.4 is 10.2 Å². The van der Waals surface area contributed by atoms with Crippen LogP contribution in [0.3, 0.4) is 0 Å². The van der Waals surface area contributed by atoms with E-state index < -0.39 is 23.5 Å². The van der Waals surface area contributed by atoms with Gasteiger partial charge in [0.2, 0.25) is 0 Å². The highest BCUT2D eigenvalue weighted by Gasteiger charge is 2.43. The Kier molecular flexibility index (Phi) is 4.19. The van der Waals surface area contributed by atoms with E-state index in [1.54, 1.807) is 28.8 Å². The molecule has 1 aromatic heterocycles. The van der Waals surface area contributed by atoms with E-state index in [9.17, 15) is 24.0 Å². The summed E-state index contributed by atoms with van der Waals surface area (Å²) in [6.45, 7) is 0.485. The van der Waals surface area contributed by atoms with Crippen LogP contribution in [0.5, 0.6) is 0 Å². The minimum Gasteiger partial charge on any atom is -0.337 e. The molecule has 1 N–H and O–H groups in total. The molecule has 0 saturated carbocycles. The lowest BCUT2D eigenvalue weighted by Crippen LogP contribution is -2.32. The van der Waals surface area contributed by atoms with Crippen LogP contribution in [-0.2, 0) is 13.0 Å². The van der Waals surface area contributed by atoms with Crippen molar-refractivity contribution in [2.45, 2.75) is 19.4 Å². The smallest absolute Gasteiger partial charge is 0.274 e. The molecule has 152 valence electrons. The number of anilines is 2. The van der Waals surface area contributed by atoms with E-state index in [1.165, 1.54) is 24.3 Å². The van der Waals surface area contributed by atoms with Gasteiger partial charge in [0.1, 0.15) is 23.3 Å². The number of fused-ring (bicyclic) bond motifs is 2. The number of rotatable bonds is 3. The van der Waals surface area contributed by atoms with Gasteiger partial charge in [-0.2, -0.15) is 5.26 Å². The normalized spacial score (nSPS) is 14.4. The molecule has 0 fully saturated rings. The summed E-state index contributed by atoms with van der Waals surface area (Å²) in [4.78, 5) is 40.4. The number of nitrogens with zero attached hydrogens (tertiary/aromatic N) is 3. The lowest BCUT2D eigenvalue weighted by molar-refractivity contribution is 0.0926. The van der Waals surface area contributed by atoms with E-state index in [2.05, 4.69) is 11.4 Å². The molecule has 0 radical (unpaired) electrons. The molecule has 3 heterocycles. The van der Waals surface area contributed by atoms with E-state index >= 15 is 0 Å². The zero-order valence-electron chi connectivity index (χ0n) is 16.2. The number of hydrogen-bond acceptors (Lipinski definition) is 4. The van der Waals surface area contributed by atoms with Crippen LogP contribution in [-0.4, -0.2) is 22.3 Å². The predicted octanol–water partition coefficient (Wildman–Crippen LogP) is 3.50. The maximum absolute atomic E-state index is 13.3. The Labute approximate surface area is 176 Å². The third kappa shape index (κ3) is 2.74. The number of nitrogens with one attached hydrogen (secondary N) is 1. The maximum Gasteiger partial charge on any atom is 0.274 e. The fourth-order valence-corrected chi connectivity index (χ4v) is 4.25. The SMILES string of the molecule is N#Cc1c(N2C(=O)c3ccccc3C2=O)c(C(=O)Nc2ccc(F)cc2)n2c1CCC2. The fourth-order valence-electron chi connectivity index (χ4n) is 4.25. The number of carbonyl (C=O) groups excluding carboxylic acids is 3. The topological polar surface area (TPSA) is 95.2 Å². The number of halogens is 1. The lowest BCUT2D eigenvalue weighted by atomic mass is 10.1. The summed E-state index contributed by atoms with van der Waals surface area (Å²) in [5, 5.41) is 12.5. The molecule has 0 bridgehead atoms. The van der Waals surface area contributed by atoms with Gasteiger partial charge in [0, 0.05) is 17.9 Å². The highest BCUT2D eigenvalue weighted by atomic mass is 19.1. The maximum atomic E-state index is 13.3. The first-order chi connectivity index (χ1) is 15.0. The number of hydrogen-bond donors (Lipinski definition) is 1. The predicted molar refractivity (Wildman–Crippen MR) is 109 cm³/mol. The molecule has 3 aromatic rings. The Morgan fingerprint density at radius 2 is 1.68 bits per heavy atom. The second kappa shape index (κ2) is 6.92. The highest BCUT2D eigenvalue weighted by molar-refractivity contribution is 6.36. The minimum atomic E-state index is -0.581. The molecule has 0 saturated heterocycles. The Bertz CT molecular complexity index is 1280. The van der Waals surface area contributed by atoms with Gasteiger partial charge in [-0.25, -0.2) is 9.29 Å². The summed E-state index contributed by atoms with van der Waals surface area (Å²) in [7, 11) is 0. The first-order valence-corrected chi connectivity index (χ1v) is 9.71. The zero-order chi connectivity index (χ0) is 21.7. The molecule has 7 nitrogen and oxygen atoms in total. The Morgan fingerprint density at radius 3 is 2.29 bits per heavy atom. The molecule has 2 aliphatic rings. The number of imide groups is 1. The standard InChI is InChI=1S/C23H15FN4O3/c24-13-7-9-14(10-8-13)26-21(29)20-19(17(12-25)18-6-3-11-27(18)20)28-22(30)15-4-1-2-5-16(15)23(28)31/h1-2,4-5,7-10H,3,6,11H2,(H,26,29). The first-order valence-electron chi connectivity index (χ1n) is 9.71. The van der Waals surface area contributed by atoms with Gasteiger partial charge in [0.25, 0.3) is 17.7 Å². The third-order valence-electron chi connectivity index (χ3n) is 5.59. The van der Waals surface area contributed by atoms with Crippen LogP contribution in [0.2, 0.25) is 0 Å². The summed E-state index contributed by atoms with van der Waals surface area (Å²) in [6.07, 6.45) is 1.30. The molecule has 31 heavy (non-hydrogen) atoms. The number of amides is 3. The van der Waals surface area contributed by atoms with E-state index in [-0.39, 0.29) is 28.1 Å². The monoisotopic (exact) mass is 414 g/mol. The summed E-state index contributed by atoms with van der Waals surface area (Å²) in [5.41, 5.74) is 1.66. The van der Waals surface area contributed by atoms with Gasteiger partial charge in [-0.1, -0.05) is 12.1 Å². The molecule has 8 heteroatoms. The van der Waals surface area contributed by atoms with Gasteiger partial charge in [-0.3, -0.25) is 14.4 Å². The van der Waals surface area contributed by atoms with Crippen LogP contribution in [0.4, 0.5) is 15.8 Å². The van der Waals surface area contributed by atoms with Gasteiger partial charge < -0.3 is 9.88 Å². The van der Waals surface area contributed by atoms with Gasteiger partial charge in [0.05, 0.1) is 16.7 Å². The molecular weight excluding hydrogens is 399 g/mol. The quantitative estimate of drug-likeness (QED) is 0.664. The summed E-state index contributed by atoms with van der Waals surface area (Å²) in [5.74, 6) is -2.17. The molecule has 3 amide bonds. The first kappa shape index (κ1) is 18.8. The van der Waals surface area contributed by atoms with Crippen molar-refractivity contribution < 1.29 is 18.8 Å². The molecule has 0 spiro atoms. The third-order valence-corrected chi connectivity index (χ3v) is 5.59. The Balaban J connectivity index is 1.66. The van der Waals surface area contributed by atoms with Crippen molar-refractivity contribution in [1.29, 1.82) is 5.26 Å². The van der Waals surface area contributed by atoms with Crippen molar-refractivity contribution in [2.24, 2.45) is 0 Å². The second-order valence-electron chi connectivity index (χ2n) is 7.34. The van der Waals surface area contributed by atoms with E-state index in [1.807, 2.05) is 0 Å². The lowest BCUT2D eigenvalue weighted by Gasteiger charge is -2.17. The largest absolute Gasteiger partial charge is 0.337 e. The minimum absolute atomic E-state index is 0.00279. The second-order valence-corrected chi connectivity index (χ2v) is 7.34. The Morgan fingerprint density at radius 1 is 1.03 bits per heavy atom. The van der Waals surface area contributed by atoms with Crippen molar-refractivity contribution >= 4 is 29.1 Å². The van der Waals surface area contributed by atoms with Crippen LogP contribution in [0.15, 0.2) is 48.5 Å². The summed E-state index contributed by atoms with van der Waals surface area (Å²) < 4.78 is 14.9. The fraction of sp³-hybridized carbons (Fsp3) is 0.130. The van der Waals surface area contributed by atoms with Crippen molar-refractivity contribution in [3.05, 3.63) is 82.4 Å². The molecule has 0 atom stereocenters. The zero-order valence-corrected chi connectivity index (χ0v) is 16.2. The van der Waals surface area contributed by atoms with Crippen molar-refractivity contribution in [1.82, 2.24) is 4.57 Å². The molecule has 5 rings (SSSR count). The van der Waals surface area contributed by atoms with Gasteiger partial charge >= 0.3 is 0 Å². The Hall–Kier alpha value is -4.25. The van der Waals surface area contributed by atoms with Crippen molar-refractivity contribution in [3.63, 3.8) is 0 Å². The van der Waals surface area contributed by atoms with Gasteiger partial charge in [0.15, 0.2) is 0 Å². The molecular formula is C23H15FN4O3. The van der Waals surface area contributed by atoms with Crippen LogP contribution in [0.1, 0.15) is 48.9 Å². The number of nitriles is 1. The summed E-state index contributed by atoms with van der Waals surface area (Å²) in [6, 6.07) is 13.7. The van der Waals surface area contributed by atoms with Crippen LogP contribution in [0.25, 0.3) is 0 Å². The van der Waals surface area contributed by atoms with Gasteiger partial charge in [-0.15, -0.1) is 0 Å². The average Bonchev–Trinajstić information content (AvgIpc) is 3.41. The van der Waals surface area contributed by atoms with Crippen molar-refractivity contribution in [2.75, 3.05) is 10.2 Å². The molecule has 0 unspecified atom stereocenters. The summed E-state index contributed by atoms with van der Waals surface area (Å²) >= 11 is 0.